The fourth-order valence-electron chi connectivity index (χ4n) is 1.94. The maximum atomic E-state index is 12.4. The van der Waals surface area contributed by atoms with E-state index in [2.05, 4.69) is 26.8 Å². The zero-order chi connectivity index (χ0) is 15.5. The molecule has 0 aliphatic heterocycles. The van der Waals surface area contributed by atoms with E-state index in [1.807, 2.05) is 0 Å². The Hall–Kier alpha value is -2.30. The van der Waals surface area contributed by atoms with Crippen molar-refractivity contribution in [1.29, 1.82) is 0 Å². The lowest BCUT2D eigenvalue weighted by molar-refractivity contribution is 0.350. The molecule has 0 atom stereocenters. The summed E-state index contributed by atoms with van der Waals surface area (Å²) in [7, 11) is -3.71. The molecule has 0 amide bonds. The Morgan fingerprint density at radius 2 is 2.14 bits per heavy atom. The summed E-state index contributed by atoms with van der Waals surface area (Å²) in [6.07, 6.45) is 0. The summed E-state index contributed by atoms with van der Waals surface area (Å²) in [6, 6.07) is 6.65. The first-order chi connectivity index (χ1) is 9.94. The molecule has 110 valence electrons. The molecule has 2 aromatic rings. The van der Waals surface area contributed by atoms with E-state index in [1.165, 1.54) is 0 Å². The van der Waals surface area contributed by atoms with E-state index >= 15 is 0 Å². The van der Waals surface area contributed by atoms with Crippen molar-refractivity contribution in [2.75, 3.05) is 11.3 Å². The van der Waals surface area contributed by atoms with Crippen LogP contribution in [0, 0.1) is 25.7 Å². The summed E-state index contributed by atoms with van der Waals surface area (Å²) in [5.41, 5.74) is 1.91. The van der Waals surface area contributed by atoms with Crippen LogP contribution in [-0.2, 0) is 10.0 Å². The maximum Gasteiger partial charge on any atom is 0.265 e. The number of H-pyrrole nitrogens is 1. The smallest absolute Gasteiger partial charge is 0.265 e. The van der Waals surface area contributed by atoms with Crippen LogP contribution in [0.15, 0.2) is 29.2 Å². The average Bonchev–Trinajstić information content (AvgIpc) is 2.76. The van der Waals surface area contributed by atoms with Crippen molar-refractivity contribution < 1.29 is 13.5 Å². The molecule has 0 fully saturated rings. The Bertz CT molecular complexity index is 794. The van der Waals surface area contributed by atoms with Crippen LogP contribution in [0.3, 0.4) is 0 Å². The van der Waals surface area contributed by atoms with Gasteiger partial charge in [0.15, 0.2) is 0 Å². The number of aromatic nitrogens is 2. The third kappa shape index (κ3) is 3.42. The van der Waals surface area contributed by atoms with Gasteiger partial charge < -0.3 is 5.11 Å². The Morgan fingerprint density at radius 1 is 1.38 bits per heavy atom. The minimum absolute atomic E-state index is 0.148. The van der Waals surface area contributed by atoms with Crippen LogP contribution in [0.4, 0.5) is 5.69 Å². The van der Waals surface area contributed by atoms with Crippen LogP contribution in [0.5, 0.6) is 0 Å². The van der Waals surface area contributed by atoms with Crippen molar-refractivity contribution in [2.45, 2.75) is 18.7 Å². The van der Waals surface area contributed by atoms with Crippen LogP contribution in [0.25, 0.3) is 0 Å². The normalized spacial score (nSPS) is 10.8. The highest BCUT2D eigenvalue weighted by atomic mass is 32.2. The maximum absolute atomic E-state index is 12.4. The van der Waals surface area contributed by atoms with E-state index in [-0.39, 0.29) is 11.5 Å². The van der Waals surface area contributed by atoms with Crippen molar-refractivity contribution >= 4 is 15.7 Å². The third-order valence-corrected chi connectivity index (χ3v) is 4.40. The summed E-state index contributed by atoms with van der Waals surface area (Å²) in [5.74, 6) is 5.24. The van der Waals surface area contributed by atoms with E-state index in [0.29, 0.717) is 22.6 Å². The average molecular weight is 305 g/mol. The van der Waals surface area contributed by atoms with E-state index in [0.717, 1.165) is 0 Å². The van der Waals surface area contributed by atoms with Gasteiger partial charge in [-0.05, 0) is 32.0 Å². The Balaban J connectivity index is 2.33. The molecule has 6 nitrogen and oxygen atoms in total. The van der Waals surface area contributed by atoms with Gasteiger partial charge in [0.25, 0.3) is 10.0 Å². The highest BCUT2D eigenvalue weighted by Gasteiger charge is 2.22. The Kier molecular flexibility index (Phi) is 4.31. The zero-order valence-electron chi connectivity index (χ0n) is 11.6. The molecule has 0 aliphatic carbocycles. The van der Waals surface area contributed by atoms with Gasteiger partial charge in [-0.15, -0.1) is 0 Å². The van der Waals surface area contributed by atoms with Gasteiger partial charge in [-0.25, -0.2) is 8.42 Å². The van der Waals surface area contributed by atoms with Crippen LogP contribution in [-0.4, -0.2) is 30.3 Å². The van der Waals surface area contributed by atoms with Crippen LogP contribution in [0.2, 0.25) is 0 Å². The number of benzene rings is 1. The number of hydrogen-bond donors (Lipinski definition) is 3. The summed E-state index contributed by atoms with van der Waals surface area (Å²) in [5, 5.41) is 15.2. The van der Waals surface area contributed by atoms with E-state index in [9.17, 15) is 8.42 Å². The molecule has 7 heteroatoms. The fourth-order valence-corrected chi connectivity index (χ4v) is 3.37. The van der Waals surface area contributed by atoms with Crippen LogP contribution in [0.1, 0.15) is 17.0 Å². The first-order valence-corrected chi connectivity index (χ1v) is 7.66. The number of aromatic amines is 1. The molecule has 0 aliphatic rings. The summed E-state index contributed by atoms with van der Waals surface area (Å²) in [6.45, 7) is 3.03. The molecule has 1 aromatic carbocycles. The molecule has 0 bridgehead atoms. The van der Waals surface area contributed by atoms with Crippen LogP contribution < -0.4 is 4.72 Å². The number of aliphatic hydroxyl groups is 1. The van der Waals surface area contributed by atoms with Crippen LogP contribution >= 0.6 is 0 Å². The van der Waals surface area contributed by atoms with Crippen molar-refractivity contribution in [3.05, 3.63) is 41.2 Å². The number of aryl methyl sites for hydroxylation is 2. The molecule has 1 heterocycles. The highest BCUT2D eigenvalue weighted by molar-refractivity contribution is 7.92. The lowest BCUT2D eigenvalue weighted by Gasteiger charge is -2.08. The van der Waals surface area contributed by atoms with Crippen molar-refractivity contribution in [3.63, 3.8) is 0 Å². The van der Waals surface area contributed by atoms with Crippen molar-refractivity contribution in [1.82, 2.24) is 10.2 Å². The van der Waals surface area contributed by atoms with Gasteiger partial charge in [0, 0.05) is 5.56 Å². The van der Waals surface area contributed by atoms with Gasteiger partial charge in [-0.1, -0.05) is 17.9 Å². The first kappa shape index (κ1) is 15.1. The number of rotatable bonds is 3. The molecule has 0 saturated carbocycles. The second-order valence-corrected chi connectivity index (χ2v) is 6.03. The standard InChI is InChI=1S/C14H15N3O3S/c1-10-14(11(2)16-15-10)21(19,20)17-13-7-3-5-12(9-13)6-4-8-18/h3,5,7,9,17-18H,8H2,1-2H3,(H,15,16). The molecule has 2 rings (SSSR count). The molecule has 21 heavy (non-hydrogen) atoms. The molecule has 0 saturated heterocycles. The van der Waals surface area contributed by atoms with Gasteiger partial charge in [0.1, 0.15) is 11.5 Å². The van der Waals surface area contributed by atoms with E-state index < -0.39 is 10.0 Å². The largest absolute Gasteiger partial charge is 0.384 e. The lowest BCUT2D eigenvalue weighted by atomic mass is 10.2. The molecule has 3 N–H and O–H groups in total. The zero-order valence-corrected chi connectivity index (χ0v) is 12.5. The second-order valence-electron chi connectivity index (χ2n) is 4.41. The quantitative estimate of drug-likeness (QED) is 0.742. The minimum Gasteiger partial charge on any atom is -0.384 e. The molecule has 0 spiro atoms. The summed E-state index contributed by atoms with van der Waals surface area (Å²) in [4.78, 5) is 0.148. The first-order valence-electron chi connectivity index (χ1n) is 6.18. The molecular formula is C14H15N3O3S. The number of aliphatic hydroxyl groups excluding tert-OH is 1. The second kappa shape index (κ2) is 5.99. The van der Waals surface area contributed by atoms with Gasteiger partial charge in [-0.3, -0.25) is 9.82 Å². The van der Waals surface area contributed by atoms with Crippen molar-refractivity contribution in [2.24, 2.45) is 0 Å². The Morgan fingerprint density at radius 3 is 2.76 bits per heavy atom. The van der Waals surface area contributed by atoms with Crippen molar-refractivity contribution in [3.8, 4) is 11.8 Å². The number of nitrogens with one attached hydrogen (secondary N) is 2. The minimum atomic E-state index is -3.71. The summed E-state index contributed by atoms with van der Waals surface area (Å²) >= 11 is 0. The lowest BCUT2D eigenvalue weighted by Crippen LogP contribution is -2.14. The predicted molar refractivity (Wildman–Crippen MR) is 79.3 cm³/mol. The van der Waals surface area contributed by atoms with E-state index in [4.69, 9.17) is 5.11 Å². The third-order valence-electron chi connectivity index (χ3n) is 2.76. The SMILES string of the molecule is Cc1n[nH]c(C)c1S(=O)(=O)Nc1cccc(C#CCO)c1. The monoisotopic (exact) mass is 305 g/mol. The predicted octanol–water partition coefficient (Wildman–Crippen LogP) is 1.17. The molecule has 1 aromatic heterocycles. The highest BCUT2D eigenvalue weighted by Crippen LogP contribution is 2.21. The van der Waals surface area contributed by atoms with Gasteiger partial charge in [0.2, 0.25) is 0 Å². The number of anilines is 1. The number of sulfonamides is 1. The number of nitrogens with zero attached hydrogens (tertiary/aromatic N) is 1. The van der Waals surface area contributed by atoms with Gasteiger partial charge in [-0.2, -0.15) is 5.10 Å². The van der Waals surface area contributed by atoms with E-state index in [1.54, 1.807) is 38.1 Å². The molecule has 0 unspecified atom stereocenters. The molecule has 0 radical (unpaired) electrons. The molecular weight excluding hydrogens is 290 g/mol. The topological polar surface area (TPSA) is 95.1 Å². The Labute approximate surface area is 123 Å². The van der Waals surface area contributed by atoms with Gasteiger partial charge >= 0.3 is 0 Å². The van der Waals surface area contributed by atoms with Gasteiger partial charge in [0.05, 0.1) is 17.1 Å². The summed E-state index contributed by atoms with van der Waals surface area (Å²) < 4.78 is 27.3. The fraction of sp³-hybridized carbons (Fsp3) is 0.214. The number of hydrogen-bond acceptors (Lipinski definition) is 4.